The molecule has 1 aromatic heterocycles. The minimum absolute atomic E-state index is 0.120. The van der Waals surface area contributed by atoms with Crippen molar-refractivity contribution in [2.75, 3.05) is 6.54 Å². The lowest BCUT2D eigenvalue weighted by Crippen LogP contribution is -2.15. The molecule has 0 bridgehead atoms. The van der Waals surface area contributed by atoms with Crippen LogP contribution in [-0.4, -0.2) is 22.2 Å². The smallest absolute Gasteiger partial charge is 0.335 e. The molecular weight excluding hydrogens is 300 g/mol. The summed E-state index contributed by atoms with van der Waals surface area (Å²) in [4.78, 5) is 11.6. The number of hydrogen-bond acceptors (Lipinski definition) is 2. The van der Waals surface area contributed by atoms with E-state index in [2.05, 4.69) is 38.5 Å². The highest BCUT2D eigenvalue weighted by Crippen LogP contribution is 2.35. The molecule has 0 radical (unpaired) electrons. The molecule has 4 nitrogen and oxygen atoms in total. The summed E-state index contributed by atoms with van der Waals surface area (Å²) in [7, 11) is 0. The predicted molar refractivity (Wildman–Crippen MR) is 99.9 cm³/mol. The average molecular weight is 330 g/mol. The molecule has 4 heteroatoms. The van der Waals surface area contributed by atoms with Crippen molar-refractivity contribution in [3.63, 3.8) is 0 Å². The maximum absolute atomic E-state index is 11.6. The highest BCUT2D eigenvalue weighted by molar-refractivity contribution is 5.97. The molecular formula is C20H30N2O2. The predicted octanol–water partition coefficient (Wildman–Crippen LogP) is 4.33. The quantitative estimate of drug-likeness (QED) is 0.794. The highest BCUT2D eigenvalue weighted by atomic mass is 16.4. The van der Waals surface area contributed by atoms with Crippen LogP contribution < -0.4 is 5.73 Å². The van der Waals surface area contributed by atoms with E-state index in [0.29, 0.717) is 12.1 Å². The van der Waals surface area contributed by atoms with Crippen LogP contribution in [0.1, 0.15) is 68.4 Å². The normalized spacial score (nSPS) is 12.0. The molecule has 1 heterocycles. The Bertz CT molecular complexity index is 723. The third-order valence-corrected chi connectivity index (χ3v) is 4.51. The minimum Gasteiger partial charge on any atom is -0.478 e. The van der Waals surface area contributed by atoms with Gasteiger partial charge in [0.2, 0.25) is 0 Å². The molecule has 0 atom stereocenters. The molecule has 0 fully saturated rings. The minimum atomic E-state index is -0.862. The molecule has 2 rings (SSSR count). The molecule has 0 spiro atoms. The van der Waals surface area contributed by atoms with E-state index in [-0.39, 0.29) is 5.41 Å². The fourth-order valence-corrected chi connectivity index (χ4v) is 3.21. The number of nitrogens with two attached hydrogens (primary N) is 1. The van der Waals surface area contributed by atoms with Crippen LogP contribution in [0.25, 0.3) is 10.9 Å². The summed E-state index contributed by atoms with van der Waals surface area (Å²) in [6.45, 7) is 10.1. The highest BCUT2D eigenvalue weighted by Gasteiger charge is 2.23. The van der Waals surface area contributed by atoms with Crippen LogP contribution in [0.3, 0.4) is 0 Å². The zero-order valence-electron chi connectivity index (χ0n) is 15.4. The van der Waals surface area contributed by atoms with E-state index in [1.807, 2.05) is 12.1 Å². The van der Waals surface area contributed by atoms with Crippen LogP contribution in [0.2, 0.25) is 0 Å². The number of benzene rings is 1. The van der Waals surface area contributed by atoms with Gasteiger partial charge in [0.05, 0.1) is 11.1 Å². The Hall–Kier alpha value is -1.81. The molecule has 0 saturated carbocycles. The summed E-state index contributed by atoms with van der Waals surface area (Å²) in [6, 6.07) is 3.68. The molecule has 3 N–H and O–H groups in total. The van der Waals surface area contributed by atoms with Gasteiger partial charge in [-0.25, -0.2) is 4.79 Å². The Morgan fingerprint density at radius 2 is 1.96 bits per heavy atom. The van der Waals surface area contributed by atoms with Gasteiger partial charge in [-0.05, 0) is 54.5 Å². The fraction of sp³-hybridized carbons (Fsp3) is 0.550. The van der Waals surface area contributed by atoms with Gasteiger partial charge >= 0.3 is 5.97 Å². The van der Waals surface area contributed by atoms with Gasteiger partial charge in [-0.15, -0.1) is 0 Å². The van der Waals surface area contributed by atoms with Gasteiger partial charge in [0.15, 0.2) is 0 Å². The van der Waals surface area contributed by atoms with Gasteiger partial charge in [-0.2, -0.15) is 0 Å². The first-order valence-corrected chi connectivity index (χ1v) is 8.89. The lowest BCUT2D eigenvalue weighted by Gasteiger charge is -2.22. The van der Waals surface area contributed by atoms with Gasteiger partial charge in [0, 0.05) is 18.1 Å². The van der Waals surface area contributed by atoms with Crippen molar-refractivity contribution in [2.45, 2.75) is 65.3 Å². The molecule has 0 aliphatic rings. The van der Waals surface area contributed by atoms with Crippen LogP contribution >= 0.6 is 0 Å². The number of fused-ring (bicyclic) bond motifs is 1. The van der Waals surface area contributed by atoms with Crippen LogP contribution in [0, 0.1) is 0 Å². The number of aromatic nitrogens is 1. The van der Waals surface area contributed by atoms with E-state index in [4.69, 9.17) is 5.73 Å². The monoisotopic (exact) mass is 330 g/mol. The van der Waals surface area contributed by atoms with Crippen molar-refractivity contribution in [2.24, 2.45) is 5.73 Å². The second-order valence-electron chi connectivity index (χ2n) is 7.57. The van der Waals surface area contributed by atoms with E-state index < -0.39 is 5.97 Å². The Balaban J connectivity index is 2.75. The van der Waals surface area contributed by atoms with Crippen LogP contribution in [-0.2, 0) is 18.4 Å². The largest absolute Gasteiger partial charge is 0.478 e. The molecule has 0 amide bonds. The van der Waals surface area contributed by atoms with Crippen molar-refractivity contribution >= 4 is 16.9 Å². The van der Waals surface area contributed by atoms with E-state index >= 15 is 0 Å². The van der Waals surface area contributed by atoms with Crippen LogP contribution in [0.15, 0.2) is 18.3 Å². The molecule has 132 valence electrons. The number of aryl methyl sites for hydroxylation is 2. The average Bonchev–Trinajstić information content (AvgIpc) is 2.86. The second-order valence-corrected chi connectivity index (χ2v) is 7.57. The number of hydrogen-bond donors (Lipinski definition) is 2. The molecule has 2 aromatic rings. The van der Waals surface area contributed by atoms with E-state index in [1.54, 1.807) is 0 Å². The number of aromatic carboxylic acids is 1. The molecule has 0 aliphatic carbocycles. The summed E-state index contributed by atoms with van der Waals surface area (Å²) in [5.41, 5.74) is 9.48. The standard InChI is InChI=1S/C20H30N2O2/c1-5-6-8-14-13-22(10-7-9-21)18-16(14)11-15(19(23)24)12-17(18)20(2,3)4/h11-13H,5-10,21H2,1-4H3,(H,23,24). The summed E-state index contributed by atoms with van der Waals surface area (Å²) in [5, 5.41) is 10.6. The number of carboxylic acid groups (broad SMARTS) is 1. The van der Waals surface area contributed by atoms with Crippen molar-refractivity contribution in [1.82, 2.24) is 4.57 Å². The van der Waals surface area contributed by atoms with E-state index in [9.17, 15) is 9.90 Å². The number of rotatable bonds is 7. The van der Waals surface area contributed by atoms with Crippen molar-refractivity contribution < 1.29 is 9.90 Å². The first-order chi connectivity index (χ1) is 11.3. The van der Waals surface area contributed by atoms with Gasteiger partial charge in [0.1, 0.15) is 0 Å². The molecule has 0 saturated heterocycles. The van der Waals surface area contributed by atoms with Gasteiger partial charge < -0.3 is 15.4 Å². The zero-order chi connectivity index (χ0) is 17.9. The van der Waals surface area contributed by atoms with Crippen molar-refractivity contribution in [3.8, 4) is 0 Å². The topological polar surface area (TPSA) is 68.2 Å². The van der Waals surface area contributed by atoms with E-state index in [0.717, 1.165) is 43.2 Å². The summed E-state index contributed by atoms with van der Waals surface area (Å²) in [5.74, 6) is -0.862. The third-order valence-electron chi connectivity index (χ3n) is 4.51. The Morgan fingerprint density at radius 3 is 2.50 bits per heavy atom. The molecule has 1 aromatic carbocycles. The number of nitrogens with zero attached hydrogens (tertiary/aromatic N) is 1. The van der Waals surface area contributed by atoms with Crippen molar-refractivity contribution in [1.29, 1.82) is 0 Å². The Kier molecular flexibility index (Phi) is 5.70. The van der Waals surface area contributed by atoms with E-state index in [1.165, 1.54) is 11.1 Å². The number of carboxylic acids is 1. The van der Waals surface area contributed by atoms with Gasteiger partial charge in [-0.3, -0.25) is 0 Å². The first-order valence-electron chi connectivity index (χ1n) is 8.89. The molecule has 0 aliphatic heterocycles. The first kappa shape index (κ1) is 18.5. The number of unbranched alkanes of at least 4 members (excludes halogenated alkanes) is 1. The number of carbonyl (C=O) groups is 1. The maximum atomic E-state index is 11.6. The summed E-state index contributed by atoms with van der Waals surface area (Å²) < 4.78 is 2.28. The molecule has 0 unspecified atom stereocenters. The van der Waals surface area contributed by atoms with Gasteiger partial charge in [0.25, 0.3) is 0 Å². The Labute approximate surface area is 144 Å². The van der Waals surface area contributed by atoms with Crippen LogP contribution in [0.4, 0.5) is 0 Å². The van der Waals surface area contributed by atoms with Crippen LogP contribution in [0.5, 0.6) is 0 Å². The maximum Gasteiger partial charge on any atom is 0.335 e. The second kappa shape index (κ2) is 7.39. The zero-order valence-corrected chi connectivity index (χ0v) is 15.4. The van der Waals surface area contributed by atoms with Gasteiger partial charge in [-0.1, -0.05) is 34.1 Å². The lowest BCUT2D eigenvalue weighted by atomic mass is 9.84. The lowest BCUT2D eigenvalue weighted by molar-refractivity contribution is 0.0697. The molecule has 24 heavy (non-hydrogen) atoms. The summed E-state index contributed by atoms with van der Waals surface area (Å²) >= 11 is 0. The Morgan fingerprint density at radius 1 is 1.25 bits per heavy atom. The SMILES string of the molecule is CCCCc1cn(CCCN)c2c(C(C)(C)C)cc(C(=O)O)cc12. The fourth-order valence-electron chi connectivity index (χ4n) is 3.21. The van der Waals surface area contributed by atoms with Crippen molar-refractivity contribution in [3.05, 3.63) is 35.0 Å². The third kappa shape index (κ3) is 3.81. The summed E-state index contributed by atoms with van der Waals surface area (Å²) in [6.07, 6.45) is 6.34.